The van der Waals surface area contributed by atoms with E-state index in [-0.39, 0.29) is 43.3 Å². The second kappa shape index (κ2) is 14.4. The summed E-state index contributed by atoms with van der Waals surface area (Å²) in [5.41, 5.74) is 20.8. The molecule has 0 fully saturated rings. The molecule has 10 heterocycles. The SMILES string of the molecule is CC1(C)c2ccc([nH]2)C(C)(C)c2ccc([nH]2)C(C)(C)c2ccc([nH]2)C(C)(C)c2ccc1[nH]2.Cc1cc2[nH]c1C(C)(C)c1cc(C)c([nH]1)C(C)(C)c1ccc([nH]1)C(C)(C)c1ccc([nH]1)C2(C)C. The number of rotatable bonds is 0. The van der Waals surface area contributed by atoms with Gasteiger partial charge in [0.25, 0.3) is 0 Å². The van der Waals surface area contributed by atoms with Crippen molar-refractivity contribution in [1.82, 2.24) is 39.9 Å². The molecule has 2 aliphatic rings. The lowest BCUT2D eigenvalue weighted by atomic mass is 9.83. The minimum absolute atomic E-state index is 0.163. The molecular formula is C58H76N8. The van der Waals surface area contributed by atoms with Gasteiger partial charge in [-0.25, -0.2) is 0 Å². The highest BCUT2D eigenvalue weighted by Crippen LogP contribution is 2.44. The van der Waals surface area contributed by atoms with Gasteiger partial charge in [0.2, 0.25) is 0 Å². The van der Waals surface area contributed by atoms with Crippen molar-refractivity contribution in [2.75, 3.05) is 0 Å². The minimum atomic E-state index is -0.182. The van der Waals surface area contributed by atoms with Crippen LogP contribution in [0.3, 0.4) is 0 Å². The monoisotopic (exact) mass is 885 g/mol. The highest BCUT2D eigenvalue weighted by atomic mass is 14.9. The Balaban J connectivity index is 0.000000166. The summed E-state index contributed by atoms with van der Waals surface area (Å²) in [6.45, 7) is 41.1. The Kier molecular flexibility index (Phi) is 9.89. The van der Waals surface area contributed by atoms with Gasteiger partial charge in [0.1, 0.15) is 0 Å². The average molecular weight is 885 g/mol. The number of hydrogen-bond acceptors (Lipinski definition) is 0. The summed E-state index contributed by atoms with van der Waals surface area (Å²) in [5.74, 6) is 0. The van der Waals surface area contributed by atoms with E-state index in [9.17, 15) is 0 Å². The molecule has 66 heavy (non-hydrogen) atoms. The normalized spacial score (nSPS) is 20.0. The molecule has 8 nitrogen and oxygen atoms in total. The quantitative estimate of drug-likeness (QED) is 0.0739. The average Bonchev–Trinajstić information content (AvgIpc) is 4.10. The summed E-state index contributed by atoms with van der Waals surface area (Å²) in [5, 5.41) is 0. The summed E-state index contributed by atoms with van der Waals surface area (Å²) in [7, 11) is 0. The predicted molar refractivity (Wildman–Crippen MR) is 273 cm³/mol. The van der Waals surface area contributed by atoms with Gasteiger partial charge >= 0.3 is 0 Å². The highest BCUT2D eigenvalue weighted by Gasteiger charge is 2.39. The molecule has 8 aromatic heterocycles. The zero-order valence-corrected chi connectivity index (χ0v) is 43.1. The van der Waals surface area contributed by atoms with Crippen LogP contribution in [0, 0.1) is 13.8 Å². The van der Waals surface area contributed by atoms with Crippen LogP contribution in [0.1, 0.15) is 213 Å². The van der Waals surface area contributed by atoms with Crippen LogP contribution < -0.4 is 0 Å². The second-order valence-electron chi connectivity index (χ2n) is 24.2. The molecule has 0 radical (unpaired) electrons. The summed E-state index contributed by atoms with van der Waals surface area (Å²) < 4.78 is 0. The molecule has 2 aliphatic heterocycles. The summed E-state index contributed by atoms with van der Waals surface area (Å²) in [6.07, 6.45) is 0. The first kappa shape index (κ1) is 45.4. The molecule has 0 saturated heterocycles. The highest BCUT2D eigenvalue weighted by molar-refractivity contribution is 5.48. The first-order chi connectivity index (χ1) is 30.5. The van der Waals surface area contributed by atoms with Crippen molar-refractivity contribution >= 4 is 0 Å². The number of hydrogen-bond donors (Lipinski definition) is 8. The standard InChI is InChI=1S/C30H40N4.C28H36N4/c1-17-15-23-28(5,6)21-12-11-19(31-21)27(3,4)20-13-14-22(32-20)29(7,8)25-18(2)16-24(34-25)30(9,10)26(17)33-23;1-25(2)17-9-11-19(29-17)26(3,4)21-13-15-23(31-21)28(7,8)24-16-14-22(32-24)27(5,6)20-12-10-18(25)30-20/h11-16,31-34H,1-10H3;9-16,29-32H,1-8H3. The zero-order chi connectivity index (χ0) is 47.9. The number of H-pyrrole nitrogens is 8. The molecule has 16 bridgehead atoms. The molecule has 10 rings (SSSR count). The maximum absolute atomic E-state index is 3.86. The first-order valence-electron chi connectivity index (χ1n) is 24.1. The molecule has 0 aromatic carbocycles. The van der Waals surface area contributed by atoms with E-state index in [4.69, 9.17) is 0 Å². The number of aromatic nitrogens is 8. The van der Waals surface area contributed by atoms with Crippen LogP contribution in [0.2, 0.25) is 0 Å². The molecule has 0 amide bonds. The van der Waals surface area contributed by atoms with Gasteiger partial charge in [-0.2, -0.15) is 0 Å². The van der Waals surface area contributed by atoms with Crippen LogP contribution in [0.15, 0.2) is 84.9 Å². The van der Waals surface area contributed by atoms with Crippen molar-refractivity contribution in [1.29, 1.82) is 0 Å². The van der Waals surface area contributed by atoms with Crippen molar-refractivity contribution in [3.05, 3.63) is 187 Å². The smallest absolute Gasteiger partial charge is 0.0450 e. The van der Waals surface area contributed by atoms with Gasteiger partial charge < -0.3 is 39.9 Å². The Bertz CT molecular complexity index is 2790. The van der Waals surface area contributed by atoms with Gasteiger partial charge in [-0.05, 0) is 221 Å². The lowest BCUT2D eigenvalue weighted by Gasteiger charge is -2.28. The van der Waals surface area contributed by atoms with Crippen molar-refractivity contribution in [2.24, 2.45) is 0 Å². The lowest BCUT2D eigenvalue weighted by Crippen LogP contribution is -2.26. The van der Waals surface area contributed by atoms with Crippen molar-refractivity contribution in [3.8, 4) is 0 Å². The van der Waals surface area contributed by atoms with Crippen LogP contribution in [-0.2, 0) is 43.3 Å². The third kappa shape index (κ3) is 6.74. The van der Waals surface area contributed by atoms with E-state index in [0.29, 0.717) is 0 Å². The molecule has 348 valence electrons. The van der Waals surface area contributed by atoms with Crippen LogP contribution >= 0.6 is 0 Å². The first-order valence-corrected chi connectivity index (χ1v) is 24.1. The Labute approximate surface area is 393 Å². The van der Waals surface area contributed by atoms with Gasteiger partial charge in [0, 0.05) is 134 Å². The van der Waals surface area contributed by atoms with E-state index < -0.39 is 0 Å². The zero-order valence-electron chi connectivity index (χ0n) is 43.1. The number of aryl methyl sites for hydroxylation is 2. The van der Waals surface area contributed by atoms with Gasteiger partial charge in [-0.15, -0.1) is 0 Å². The molecule has 0 atom stereocenters. The third-order valence-corrected chi connectivity index (χ3v) is 16.8. The van der Waals surface area contributed by atoms with Gasteiger partial charge in [0.05, 0.1) is 0 Å². The van der Waals surface area contributed by atoms with Crippen LogP contribution in [-0.4, -0.2) is 39.9 Å². The molecule has 8 N–H and O–H groups in total. The molecule has 0 spiro atoms. The molecule has 8 heteroatoms. The Morgan fingerprint density at radius 3 is 0.576 bits per heavy atom. The van der Waals surface area contributed by atoms with E-state index in [0.717, 1.165) is 0 Å². The van der Waals surface area contributed by atoms with Crippen LogP contribution in [0.5, 0.6) is 0 Å². The van der Waals surface area contributed by atoms with Crippen molar-refractivity contribution in [3.63, 3.8) is 0 Å². The van der Waals surface area contributed by atoms with E-state index in [1.165, 1.54) is 102 Å². The largest absolute Gasteiger partial charge is 0.361 e. The van der Waals surface area contributed by atoms with Gasteiger partial charge in [-0.3, -0.25) is 0 Å². The van der Waals surface area contributed by atoms with Crippen molar-refractivity contribution < 1.29 is 0 Å². The number of nitrogens with one attached hydrogen (secondary N) is 8. The molecule has 0 aliphatic carbocycles. The topological polar surface area (TPSA) is 126 Å². The number of fused-ring (bicyclic) bond motifs is 16. The van der Waals surface area contributed by atoms with E-state index in [1.807, 2.05) is 0 Å². The maximum Gasteiger partial charge on any atom is 0.0450 e. The second-order valence-corrected chi connectivity index (χ2v) is 24.2. The Morgan fingerprint density at radius 2 is 0.364 bits per heavy atom. The van der Waals surface area contributed by atoms with E-state index in [2.05, 4.69) is 249 Å². The fraction of sp³-hybridized carbons (Fsp3) is 0.448. The fourth-order valence-electron chi connectivity index (χ4n) is 11.0. The maximum atomic E-state index is 3.86. The number of aromatic amines is 8. The van der Waals surface area contributed by atoms with Crippen LogP contribution in [0.25, 0.3) is 0 Å². The van der Waals surface area contributed by atoms with Gasteiger partial charge in [0.15, 0.2) is 0 Å². The Hall–Kier alpha value is -5.76. The van der Waals surface area contributed by atoms with E-state index in [1.54, 1.807) is 0 Å². The van der Waals surface area contributed by atoms with Crippen molar-refractivity contribution in [2.45, 2.75) is 168 Å². The minimum Gasteiger partial charge on any atom is -0.361 e. The lowest BCUT2D eigenvalue weighted by molar-refractivity contribution is 0.544. The molecule has 0 unspecified atom stereocenters. The van der Waals surface area contributed by atoms with E-state index >= 15 is 0 Å². The molecule has 8 aromatic rings. The van der Waals surface area contributed by atoms with Gasteiger partial charge in [-0.1, -0.05) is 0 Å². The molecular weight excluding hydrogens is 809 g/mol. The Morgan fingerprint density at radius 1 is 0.212 bits per heavy atom. The predicted octanol–water partition coefficient (Wildman–Crippen LogP) is 13.8. The molecule has 0 saturated carbocycles. The summed E-state index contributed by atoms with van der Waals surface area (Å²) in [4.78, 5) is 30.4. The summed E-state index contributed by atoms with van der Waals surface area (Å²) in [6, 6.07) is 31.6. The summed E-state index contributed by atoms with van der Waals surface area (Å²) >= 11 is 0. The van der Waals surface area contributed by atoms with Crippen LogP contribution in [0.4, 0.5) is 0 Å². The third-order valence-electron chi connectivity index (χ3n) is 16.8. The fourth-order valence-corrected chi connectivity index (χ4v) is 11.0.